The van der Waals surface area contributed by atoms with Crippen LogP contribution in [0.15, 0.2) is 163 Å². The van der Waals surface area contributed by atoms with Gasteiger partial charge in [-0.1, -0.05) is 103 Å². The van der Waals surface area contributed by atoms with Crippen molar-refractivity contribution in [3.63, 3.8) is 0 Å². The van der Waals surface area contributed by atoms with E-state index in [9.17, 15) is 5.26 Å². The second-order valence-electron chi connectivity index (χ2n) is 10.0. The van der Waals surface area contributed by atoms with Crippen molar-refractivity contribution in [3.8, 4) is 6.07 Å². The molecule has 198 valence electrons. The van der Waals surface area contributed by atoms with Crippen molar-refractivity contribution < 1.29 is 0 Å². The van der Waals surface area contributed by atoms with E-state index in [4.69, 9.17) is 6.57 Å². The molecular weight excluding hydrogens is 531 g/mol. The van der Waals surface area contributed by atoms with Crippen molar-refractivity contribution in [3.05, 3.63) is 174 Å². The first kappa shape index (κ1) is 25.4. The Bertz CT molecular complexity index is 1920. The van der Waals surface area contributed by atoms with Crippen molar-refractivity contribution in [1.82, 2.24) is 0 Å². The summed E-state index contributed by atoms with van der Waals surface area (Å²) < 4.78 is 0. The van der Waals surface area contributed by atoms with Crippen LogP contribution in [0.4, 0.5) is 28.4 Å². The summed E-state index contributed by atoms with van der Waals surface area (Å²) in [7, 11) is 0. The van der Waals surface area contributed by atoms with Gasteiger partial charge < -0.3 is 9.80 Å². The molecule has 0 atom stereocenters. The molecule has 0 aliphatic carbocycles. The zero-order chi connectivity index (χ0) is 28.5. The second kappa shape index (κ2) is 10.5. The fourth-order valence-corrected chi connectivity index (χ4v) is 9.87. The topological polar surface area (TPSA) is 34.6 Å². The van der Waals surface area contributed by atoms with E-state index in [1.807, 2.05) is 91.0 Å². The van der Waals surface area contributed by atoms with Crippen LogP contribution in [-0.4, -0.2) is 5.42 Å². The number of para-hydroxylation sites is 5. The Balaban J connectivity index is 1.53. The molecule has 0 spiro atoms. The zero-order valence-electron chi connectivity index (χ0n) is 22.7. The van der Waals surface area contributed by atoms with Crippen LogP contribution in [0.25, 0.3) is 4.85 Å². The molecule has 7 rings (SSSR count). The summed E-state index contributed by atoms with van der Waals surface area (Å²) in [6.45, 7) is 5.78. The first-order chi connectivity index (χ1) is 20.8. The number of nitriles is 1. The Morgan fingerprint density at radius 1 is 0.548 bits per heavy atom. The van der Waals surface area contributed by atoms with Gasteiger partial charge >= 0.3 is 0 Å². The van der Waals surface area contributed by atoms with Gasteiger partial charge in [-0.15, -0.1) is 0 Å². The van der Waals surface area contributed by atoms with E-state index in [1.165, 1.54) is 0 Å². The molecule has 0 fully saturated rings. The first-order valence-corrected chi connectivity index (χ1v) is 15.5. The van der Waals surface area contributed by atoms with Gasteiger partial charge in [-0.2, -0.15) is 5.26 Å². The monoisotopic (exact) mass is 556 g/mol. The molecule has 0 saturated carbocycles. The Kier molecular flexibility index (Phi) is 6.33. The zero-order valence-corrected chi connectivity index (χ0v) is 23.6. The van der Waals surface area contributed by atoms with Crippen molar-refractivity contribution in [2.75, 3.05) is 9.80 Å². The summed E-state index contributed by atoms with van der Waals surface area (Å²) >= 11 is 0. The number of hydrogen-bond acceptors (Lipinski definition) is 3. The van der Waals surface area contributed by atoms with Crippen molar-refractivity contribution in [1.29, 1.82) is 5.26 Å². The molecule has 2 heterocycles. The molecule has 0 unspecified atom stereocenters. The predicted octanol–water partition coefficient (Wildman–Crippen LogP) is 8.63. The van der Waals surface area contributed by atoms with Crippen molar-refractivity contribution in [2.45, 2.75) is 0 Å². The van der Waals surface area contributed by atoms with Crippen LogP contribution in [0.5, 0.6) is 0 Å². The van der Waals surface area contributed by atoms with Gasteiger partial charge in [0.05, 0.1) is 40.7 Å². The molecule has 0 radical (unpaired) electrons. The number of fused-ring (bicyclic) bond motifs is 2. The molecule has 5 heteroatoms. The Labute approximate surface area is 246 Å². The average Bonchev–Trinajstić information content (AvgIpc) is 3.07. The SMILES string of the molecule is [C-]#[N+]C1=P(c2ccccc2)(c2ccccc2)C(C#N)=CC(N2c3ccccc3N(c3ccccc3)c3ccccc32)=C1. The fourth-order valence-electron chi connectivity index (χ4n) is 6.05. The molecule has 0 bridgehead atoms. The number of anilines is 5. The van der Waals surface area contributed by atoms with Crippen LogP contribution >= 0.6 is 6.89 Å². The van der Waals surface area contributed by atoms with E-state index in [2.05, 4.69) is 81.4 Å². The van der Waals surface area contributed by atoms with Crippen molar-refractivity contribution in [2.24, 2.45) is 0 Å². The van der Waals surface area contributed by atoms with Gasteiger partial charge in [0.15, 0.2) is 5.42 Å². The fraction of sp³-hybridized carbons (Fsp3) is 0. The van der Waals surface area contributed by atoms with Crippen LogP contribution in [0.1, 0.15) is 0 Å². The van der Waals surface area contributed by atoms with Gasteiger partial charge in [0, 0.05) is 18.3 Å². The van der Waals surface area contributed by atoms with Gasteiger partial charge in [0.25, 0.3) is 0 Å². The smallest absolute Gasteiger partial charge is 0.197 e. The maximum absolute atomic E-state index is 10.8. The highest BCUT2D eigenvalue weighted by molar-refractivity contribution is 7.93. The van der Waals surface area contributed by atoms with Crippen LogP contribution in [0, 0.1) is 17.9 Å². The molecule has 2 aliphatic heterocycles. The van der Waals surface area contributed by atoms with E-state index in [0.717, 1.165) is 44.7 Å². The Hall–Kier alpha value is -5.54. The molecule has 0 aromatic heterocycles. The number of rotatable bonds is 4. The molecule has 2 aliphatic rings. The number of hydrogen-bond donors (Lipinski definition) is 0. The molecular formula is C37H25N4P. The lowest BCUT2D eigenvalue weighted by molar-refractivity contribution is 1.13. The maximum Gasteiger partial charge on any atom is 0.197 e. The minimum Gasteiger partial charge on any atom is -0.308 e. The van der Waals surface area contributed by atoms with Crippen LogP contribution in [0.3, 0.4) is 0 Å². The van der Waals surface area contributed by atoms with E-state index >= 15 is 0 Å². The maximum atomic E-state index is 10.8. The van der Waals surface area contributed by atoms with E-state index in [-0.39, 0.29) is 0 Å². The molecule has 0 N–H and O–H groups in total. The van der Waals surface area contributed by atoms with E-state index in [1.54, 1.807) is 0 Å². The normalized spacial score (nSPS) is 15.0. The summed E-state index contributed by atoms with van der Waals surface area (Å²) in [5, 5.41) is 13.4. The quantitative estimate of drug-likeness (QED) is 0.164. The lowest BCUT2D eigenvalue weighted by atomic mass is 10.0. The minimum atomic E-state index is -2.68. The third-order valence-electron chi connectivity index (χ3n) is 7.78. The third-order valence-corrected chi connectivity index (χ3v) is 11.8. The molecule has 5 aromatic rings. The number of nitrogens with zero attached hydrogens (tertiary/aromatic N) is 4. The summed E-state index contributed by atoms with van der Waals surface area (Å²) in [5.74, 6) is 0. The van der Waals surface area contributed by atoms with Gasteiger partial charge in [0.2, 0.25) is 0 Å². The average molecular weight is 557 g/mol. The second-order valence-corrected chi connectivity index (χ2v) is 13.3. The molecule has 0 amide bonds. The van der Waals surface area contributed by atoms with Gasteiger partial charge in [-0.3, -0.25) is 0 Å². The first-order valence-electron chi connectivity index (χ1n) is 13.7. The van der Waals surface area contributed by atoms with E-state index < -0.39 is 6.89 Å². The molecule has 0 saturated heterocycles. The van der Waals surface area contributed by atoms with Crippen LogP contribution < -0.4 is 20.4 Å². The molecule has 4 nitrogen and oxygen atoms in total. The standard InChI is InChI=1S/C37H25N4P/c1-39-37-26-29(25-32(27-38)42(37,30-17-7-3-8-18-30)31-19-9-4-10-20-31)41-35-23-13-11-21-33(35)40(28-15-5-2-6-16-28)34-22-12-14-24-36(34)41/h2-26H. The molecule has 42 heavy (non-hydrogen) atoms. The third kappa shape index (κ3) is 3.82. The highest BCUT2D eigenvalue weighted by Gasteiger charge is 2.37. The summed E-state index contributed by atoms with van der Waals surface area (Å²) in [6.07, 6.45) is 4.02. The van der Waals surface area contributed by atoms with Gasteiger partial charge in [-0.25, -0.2) is 4.85 Å². The van der Waals surface area contributed by atoms with Crippen molar-refractivity contribution >= 4 is 51.3 Å². The van der Waals surface area contributed by atoms with E-state index in [0.29, 0.717) is 10.7 Å². The number of allylic oxidation sites excluding steroid dienone is 2. The summed E-state index contributed by atoms with van der Waals surface area (Å²) in [4.78, 5) is 8.64. The minimum absolute atomic E-state index is 0.592. The molecule has 5 aromatic carbocycles. The number of benzene rings is 5. The Morgan fingerprint density at radius 2 is 0.976 bits per heavy atom. The van der Waals surface area contributed by atoms with Crippen LogP contribution in [0.2, 0.25) is 0 Å². The predicted molar refractivity (Wildman–Crippen MR) is 176 cm³/mol. The highest BCUT2D eigenvalue weighted by Crippen LogP contribution is 2.59. The summed E-state index contributed by atoms with van der Waals surface area (Å²) in [5.41, 5.74) is 6.47. The summed E-state index contributed by atoms with van der Waals surface area (Å²) in [6, 6.07) is 49.7. The van der Waals surface area contributed by atoms with Gasteiger partial charge in [-0.05, 0) is 59.2 Å². The largest absolute Gasteiger partial charge is 0.308 e. The van der Waals surface area contributed by atoms with Gasteiger partial charge in [0.1, 0.15) is 0 Å². The van der Waals surface area contributed by atoms with Crippen LogP contribution in [-0.2, 0) is 0 Å². The highest BCUT2D eigenvalue weighted by atomic mass is 31.2. The lowest BCUT2D eigenvalue weighted by Gasteiger charge is -2.42. The lowest BCUT2D eigenvalue weighted by Crippen LogP contribution is -2.29. The Morgan fingerprint density at radius 3 is 1.43 bits per heavy atom.